The number of aromatic nitrogens is 1. The minimum absolute atomic E-state index is 0.389. The number of rotatable bonds is 0. The number of aliphatic imine (C=N–C) groups is 2. The van der Waals surface area contributed by atoms with E-state index >= 15 is 0 Å². The van der Waals surface area contributed by atoms with Crippen molar-refractivity contribution >= 4 is 29.7 Å². The second kappa shape index (κ2) is 3.26. The lowest BCUT2D eigenvalue weighted by atomic mass is 9.98. The molecule has 0 bridgehead atoms. The largest absolute Gasteiger partial charge is 0.259 e. The van der Waals surface area contributed by atoms with Crippen LogP contribution < -0.4 is 0 Å². The summed E-state index contributed by atoms with van der Waals surface area (Å²) in [5.74, 6) is 0. The van der Waals surface area contributed by atoms with Crippen LogP contribution in [0.3, 0.4) is 0 Å². The Morgan fingerprint density at radius 1 is 1.44 bits per heavy atom. The summed E-state index contributed by atoms with van der Waals surface area (Å²) >= 11 is 6.12. The van der Waals surface area contributed by atoms with Crippen LogP contribution in [0.4, 0.5) is 0 Å². The summed E-state index contributed by atoms with van der Waals surface area (Å²) in [6.07, 6.45) is 5.46. The van der Waals surface area contributed by atoms with Crippen molar-refractivity contribution in [2.75, 3.05) is 0 Å². The second-order valence-electron chi connectivity index (χ2n) is 3.48. The standard InChI is InChI=1S/C11H5ClN4/c12-11-6(3-13)4-14-8-2-10-9(1-7(8)11)15-5-16-10/h1,4-5H,2H2. The van der Waals surface area contributed by atoms with Crippen molar-refractivity contribution < 1.29 is 0 Å². The first-order valence-corrected chi connectivity index (χ1v) is 5.06. The number of nitriles is 1. The Morgan fingerprint density at radius 2 is 2.31 bits per heavy atom. The molecule has 4 nitrogen and oxygen atoms in total. The molecule has 2 aliphatic rings. The molecular formula is C11H5ClN4. The number of hydrogen-bond acceptors (Lipinski definition) is 4. The van der Waals surface area contributed by atoms with E-state index in [0.717, 1.165) is 22.7 Å². The molecule has 0 spiro atoms. The van der Waals surface area contributed by atoms with E-state index in [1.165, 1.54) is 12.5 Å². The topological polar surface area (TPSA) is 61.4 Å². The number of fused-ring (bicyclic) bond motifs is 2. The maximum atomic E-state index is 8.86. The highest BCUT2D eigenvalue weighted by atomic mass is 35.5. The molecule has 1 aromatic rings. The van der Waals surface area contributed by atoms with Crippen LogP contribution in [0.5, 0.6) is 0 Å². The van der Waals surface area contributed by atoms with E-state index in [-0.39, 0.29) is 0 Å². The lowest BCUT2D eigenvalue weighted by Gasteiger charge is -2.14. The molecule has 76 valence electrons. The number of nitrogens with zero attached hydrogens (tertiary/aromatic N) is 4. The third kappa shape index (κ3) is 1.19. The van der Waals surface area contributed by atoms with Crippen LogP contribution in [0.2, 0.25) is 5.02 Å². The van der Waals surface area contributed by atoms with Crippen molar-refractivity contribution in [3.05, 3.63) is 33.7 Å². The van der Waals surface area contributed by atoms with E-state index < -0.39 is 0 Å². The molecule has 5 heteroatoms. The van der Waals surface area contributed by atoms with Gasteiger partial charge in [0.1, 0.15) is 12.4 Å². The van der Waals surface area contributed by atoms with Crippen LogP contribution in [0.25, 0.3) is 6.08 Å². The van der Waals surface area contributed by atoms with Crippen molar-refractivity contribution in [2.45, 2.75) is 6.42 Å². The van der Waals surface area contributed by atoms with Crippen LogP contribution in [-0.2, 0) is 6.42 Å². The van der Waals surface area contributed by atoms with Crippen molar-refractivity contribution in [2.24, 2.45) is 9.98 Å². The summed E-state index contributed by atoms with van der Waals surface area (Å²) < 4.78 is 0. The maximum Gasteiger partial charge on any atom is 0.116 e. The highest BCUT2D eigenvalue weighted by molar-refractivity contribution is 6.33. The van der Waals surface area contributed by atoms with Gasteiger partial charge < -0.3 is 0 Å². The molecule has 1 aromatic heterocycles. The van der Waals surface area contributed by atoms with E-state index in [1.807, 2.05) is 12.1 Å². The molecule has 16 heavy (non-hydrogen) atoms. The minimum Gasteiger partial charge on any atom is -0.259 e. The summed E-state index contributed by atoms with van der Waals surface area (Å²) in [6.45, 7) is 0. The van der Waals surface area contributed by atoms with Gasteiger partial charge in [-0.25, -0.2) is 9.98 Å². The molecule has 2 heterocycles. The summed E-state index contributed by atoms with van der Waals surface area (Å²) in [6, 6.07) is 2.01. The summed E-state index contributed by atoms with van der Waals surface area (Å²) in [4.78, 5) is 12.5. The molecule has 0 saturated carbocycles. The van der Waals surface area contributed by atoms with Gasteiger partial charge in [0.25, 0.3) is 0 Å². The Kier molecular flexibility index (Phi) is 1.88. The SMILES string of the molecule is N#Cc1cnc2c(c1Cl)C=C1N=CN=C1C2. The van der Waals surface area contributed by atoms with Crippen LogP contribution in [0.1, 0.15) is 16.8 Å². The zero-order valence-corrected chi connectivity index (χ0v) is 8.86. The van der Waals surface area contributed by atoms with Crippen LogP contribution in [0, 0.1) is 11.3 Å². The van der Waals surface area contributed by atoms with Gasteiger partial charge in [0.2, 0.25) is 0 Å². The highest BCUT2D eigenvalue weighted by Gasteiger charge is 2.22. The predicted molar refractivity (Wildman–Crippen MR) is 61.6 cm³/mol. The van der Waals surface area contributed by atoms with Crippen molar-refractivity contribution in [3.8, 4) is 6.07 Å². The zero-order valence-electron chi connectivity index (χ0n) is 8.11. The van der Waals surface area contributed by atoms with Gasteiger partial charge in [-0.3, -0.25) is 4.98 Å². The van der Waals surface area contributed by atoms with Gasteiger partial charge in [-0.05, 0) is 6.08 Å². The molecule has 0 atom stereocenters. The third-order valence-corrected chi connectivity index (χ3v) is 2.98. The van der Waals surface area contributed by atoms with Crippen LogP contribution >= 0.6 is 11.6 Å². The second-order valence-corrected chi connectivity index (χ2v) is 3.86. The van der Waals surface area contributed by atoms with Gasteiger partial charge >= 0.3 is 0 Å². The number of pyridine rings is 1. The van der Waals surface area contributed by atoms with E-state index in [1.54, 1.807) is 0 Å². The van der Waals surface area contributed by atoms with E-state index in [0.29, 0.717) is 17.0 Å². The first-order chi connectivity index (χ1) is 7.79. The minimum atomic E-state index is 0.389. The number of halogens is 1. The number of hydrogen-bond donors (Lipinski definition) is 0. The first-order valence-electron chi connectivity index (χ1n) is 4.68. The van der Waals surface area contributed by atoms with Crippen molar-refractivity contribution in [1.82, 2.24) is 4.98 Å². The summed E-state index contributed by atoms with van der Waals surface area (Å²) in [5.41, 5.74) is 3.73. The van der Waals surface area contributed by atoms with Gasteiger partial charge in [0.05, 0.1) is 27.7 Å². The molecular weight excluding hydrogens is 224 g/mol. The molecule has 0 N–H and O–H groups in total. The predicted octanol–water partition coefficient (Wildman–Crippen LogP) is 1.99. The van der Waals surface area contributed by atoms with E-state index in [9.17, 15) is 0 Å². The molecule has 0 fully saturated rings. The normalized spacial score (nSPS) is 16.0. The fourth-order valence-electron chi connectivity index (χ4n) is 1.76. The molecule has 0 unspecified atom stereocenters. The fourth-order valence-corrected chi connectivity index (χ4v) is 2.01. The quantitative estimate of drug-likeness (QED) is 0.682. The highest BCUT2D eigenvalue weighted by Crippen LogP contribution is 2.30. The lowest BCUT2D eigenvalue weighted by molar-refractivity contribution is 1.11. The molecule has 0 radical (unpaired) electrons. The van der Waals surface area contributed by atoms with Crippen molar-refractivity contribution in [3.63, 3.8) is 0 Å². The molecule has 1 aliphatic carbocycles. The summed E-state index contributed by atoms with van der Waals surface area (Å²) in [5, 5.41) is 9.30. The van der Waals surface area contributed by atoms with Gasteiger partial charge in [-0.15, -0.1) is 0 Å². The number of allylic oxidation sites excluding steroid dienone is 1. The maximum absolute atomic E-state index is 8.86. The van der Waals surface area contributed by atoms with Gasteiger partial charge in [0.15, 0.2) is 0 Å². The third-order valence-electron chi connectivity index (χ3n) is 2.58. The lowest BCUT2D eigenvalue weighted by Crippen LogP contribution is -2.11. The average Bonchev–Trinajstić information content (AvgIpc) is 2.74. The molecule has 0 aromatic carbocycles. The first kappa shape index (κ1) is 9.25. The molecule has 1 aliphatic heterocycles. The average molecular weight is 229 g/mol. The van der Waals surface area contributed by atoms with Crippen LogP contribution in [0.15, 0.2) is 21.9 Å². The van der Waals surface area contributed by atoms with E-state index in [2.05, 4.69) is 15.0 Å². The Bertz CT molecular complexity index is 620. The Hall–Kier alpha value is -1.99. The smallest absolute Gasteiger partial charge is 0.116 e. The molecule has 3 rings (SSSR count). The van der Waals surface area contributed by atoms with Gasteiger partial charge in [-0.2, -0.15) is 5.26 Å². The van der Waals surface area contributed by atoms with Crippen LogP contribution in [-0.4, -0.2) is 17.0 Å². The van der Waals surface area contributed by atoms with Gasteiger partial charge in [-0.1, -0.05) is 11.6 Å². The zero-order chi connectivity index (χ0) is 11.1. The van der Waals surface area contributed by atoms with Crippen molar-refractivity contribution in [1.29, 1.82) is 5.26 Å². The fraction of sp³-hybridized carbons (Fsp3) is 0.0909. The Morgan fingerprint density at radius 3 is 3.12 bits per heavy atom. The van der Waals surface area contributed by atoms with E-state index in [4.69, 9.17) is 16.9 Å². The Labute approximate surface area is 96.6 Å². The Balaban J connectivity index is 2.25. The monoisotopic (exact) mass is 228 g/mol. The molecule has 0 saturated heterocycles. The molecule has 0 amide bonds. The summed E-state index contributed by atoms with van der Waals surface area (Å²) in [7, 11) is 0. The van der Waals surface area contributed by atoms with Gasteiger partial charge in [0, 0.05) is 18.2 Å².